The van der Waals surface area contributed by atoms with Gasteiger partial charge in [-0.2, -0.15) is 0 Å². The van der Waals surface area contributed by atoms with Gasteiger partial charge in [-0.25, -0.2) is 4.98 Å². The van der Waals surface area contributed by atoms with Gasteiger partial charge in [0.05, 0.1) is 40.6 Å². The quantitative estimate of drug-likeness (QED) is 0.566. The molecule has 5 aliphatic rings. The summed E-state index contributed by atoms with van der Waals surface area (Å²) in [6.07, 6.45) is 1.47. The second-order valence-electron chi connectivity index (χ2n) is 10.1. The summed E-state index contributed by atoms with van der Waals surface area (Å²) in [5.74, 6) is 1.40. The number of benzene rings is 2. The molecule has 2 N–H and O–H groups in total. The summed E-state index contributed by atoms with van der Waals surface area (Å²) in [5, 5.41) is 17.0. The maximum absolute atomic E-state index is 13.1. The molecule has 1 aromatic heterocycles. The number of methoxy groups -OCH3 is 1. The largest absolute Gasteiger partial charge is 0.493 e. The highest BCUT2D eigenvalue weighted by molar-refractivity contribution is 6.25. The van der Waals surface area contributed by atoms with Gasteiger partial charge in [-0.3, -0.25) is 4.79 Å². The minimum atomic E-state index is -1.05. The number of aliphatic hydroxyl groups is 1. The van der Waals surface area contributed by atoms with Crippen LogP contribution < -0.4 is 19.7 Å². The average Bonchev–Trinajstić information content (AvgIpc) is 3.34. The number of rotatable bonds is 1. The van der Waals surface area contributed by atoms with Crippen molar-refractivity contribution in [2.75, 3.05) is 25.6 Å². The molecular formula is C28H29N3O4. The van der Waals surface area contributed by atoms with Gasteiger partial charge in [0.15, 0.2) is 17.6 Å². The number of nitrogens with zero attached hydrogens (tertiary/aromatic N) is 2. The zero-order valence-electron chi connectivity index (χ0n) is 20.4. The standard InChI is InChI=1S/C26H23N3O4.C2H6/c1-29-21-14-11-26(31)17-10-12-6-7-16(32-2)22-19(12)25(26,8-9-27-17)23(33-22)20(14)28-15-5-3-4-13(18(15)21)24(29)30;1-2/h3-7,17,23,27,31H,8-11H2,1-2H3;1-2H3/t17-,23?,25+,26?;/m1./s1. The number of hydrogen-bond donors (Lipinski definition) is 2. The van der Waals surface area contributed by atoms with Gasteiger partial charge >= 0.3 is 0 Å². The Balaban J connectivity index is 0.00000103. The molecule has 2 aromatic carbocycles. The van der Waals surface area contributed by atoms with Crippen LogP contribution in [-0.2, 0) is 18.3 Å². The number of amides is 1. The molecule has 3 aliphatic heterocycles. The number of piperidine rings is 1. The van der Waals surface area contributed by atoms with E-state index in [1.54, 1.807) is 12.0 Å². The number of pyridine rings is 1. The lowest BCUT2D eigenvalue weighted by molar-refractivity contribution is -0.134. The first-order valence-electron chi connectivity index (χ1n) is 12.6. The van der Waals surface area contributed by atoms with Crippen molar-refractivity contribution in [3.8, 4) is 11.5 Å². The van der Waals surface area contributed by atoms with Crippen LogP contribution in [0, 0.1) is 0 Å². The molecule has 4 atom stereocenters. The van der Waals surface area contributed by atoms with Gasteiger partial charge in [0.25, 0.3) is 5.91 Å². The van der Waals surface area contributed by atoms with Gasteiger partial charge in [-0.05, 0) is 43.1 Å². The molecule has 0 radical (unpaired) electrons. The summed E-state index contributed by atoms with van der Waals surface area (Å²) < 4.78 is 12.4. The van der Waals surface area contributed by atoms with Crippen LogP contribution in [0.3, 0.4) is 0 Å². The van der Waals surface area contributed by atoms with E-state index in [0.717, 1.165) is 58.5 Å². The Kier molecular flexibility index (Phi) is 4.07. The summed E-state index contributed by atoms with van der Waals surface area (Å²) in [6.45, 7) is 4.81. The number of anilines is 1. The van der Waals surface area contributed by atoms with Crippen LogP contribution in [0.4, 0.5) is 5.69 Å². The van der Waals surface area contributed by atoms with Crippen molar-refractivity contribution in [1.29, 1.82) is 0 Å². The Morgan fingerprint density at radius 2 is 2.09 bits per heavy atom. The average molecular weight is 472 g/mol. The number of carbonyl (C=O) groups excluding carboxylic acids is 1. The van der Waals surface area contributed by atoms with Crippen LogP contribution in [0.1, 0.15) is 59.1 Å². The lowest BCUT2D eigenvalue weighted by Gasteiger charge is -2.60. The predicted octanol–water partition coefficient (Wildman–Crippen LogP) is 3.44. The molecular weight excluding hydrogens is 442 g/mol. The second kappa shape index (κ2) is 6.74. The van der Waals surface area contributed by atoms with Gasteiger partial charge in [0.2, 0.25) is 0 Å². The van der Waals surface area contributed by atoms with Gasteiger partial charge in [-0.15, -0.1) is 0 Å². The number of carbonyl (C=O) groups is 1. The fourth-order valence-electron chi connectivity index (χ4n) is 7.60. The Morgan fingerprint density at radius 3 is 2.89 bits per heavy atom. The van der Waals surface area contributed by atoms with Crippen LogP contribution in [0.5, 0.6) is 11.5 Å². The molecule has 1 amide bonds. The first-order chi connectivity index (χ1) is 17.0. The minimum Gasteiger partial charge on any atom is -0.493 e. The third-order valence-corrected chi connectivity index (χ3v) is 8.92. The smallest absolute Gasteiger partial charge is 0.258 e. The molecule has 3 aromatic rings. The van der Waals surface area contributed by atoms with Gasteiger partial charge < -0.3 is 24.8 Å². The molecule has 180 valence electrons. The molecule has 35 heavy (non-hydrogen) atoms. The summed E-state index contributed by atoms with van der Waals surface area (Å²) in [5.41, 5.74) is 4.76. The minimum absolute atomic E-state index is 0.0281. The van der Waals surface area contributed by atoms with E-state index in [1.165, 1.54) is 5.56 Å². The van der Waals surface area contributed by atoms with Crippen molar-refractivity contribution < 1.29 is 19.4 Å². The summed E-state index contributed by atoms with van der Waals surface area (Å²) in [4.78, 5) is 19.9. The molecule has 2 aliphatic carbocycles. The first kappa shape index (κ1) is 21.1. The Hall–Kier alpha value is -3.16. The highest BCUT2D eigenvalue weighted by Gasteiger charge is 2.72. The zero-order valence-corrected chi connectivity index (χ0v) is 20.4. The monoisotopic (exact) mass is 471 g/mol. The van der Waals surface area contributed by atoms with Crippen molar-refractivity contribution in [2.45, 2.75) is 56.3 Å². The Bertz CT molecular complexity index is 1450. The van der Waals surface area contributed by atoms with Crippen LogP contribution in [0.15, 0.2) is 30.3 Å². The van der Waals surface area contributed by atoms with Crippen molar-refractivity contribution in [1.82, 2.24) is 10.3 Å². The third-order valence-electron chi connectivity index (χ3n) is 8.92. The van der Waals surface area contributed by atoms with E-state index in [9.17, 15) is 9.90 Å². The molecule has 1 fully saturated rings. The van der Waals surface area contributed by atoms with E-state index in [0.29, 0.717) is 17.7 Å². The molecule has 7 heteroatoms. The zero-order chi connectivity index (χ0) is 24.3. The SMILES string of the molecule is CC.COc1ccc2c3c1OC1c4nc5cccc6c5c(c4CC4(O)[C@@H](C2)NCC[C@]314)N(C)C6=O. The Labute approximate surface area is 204 Å². The number of nitrogens with one attached hydrogen (secondary N) is 1. The number of fused-ring (bicyclic) bond motifs is 3. The first-order valence-corrected chi connectivity index (χ1v) is 12.6. The van der Waals surface area contributed by atoms with Gasteiger partial charge in [0.1, 0.15) is 0 Å². The van der Waals surface area contributed by atoms with Crippen molar-refractivity contribution in [3.63, 3.8) is 0 Å². The molecule has 0 saturated carbocycles. The molecule has 8 rings (SSSR count). The third kappa shape index (κ3) is 2.17. The number of ether oxygens (including phenoxy) is 2. The fraction of sp³-hybridized carbons (Fsp3) is 0.429. The number of hydrogen-bond acceptors (Lipinski definition) is 6. The highest BCUT2D eigenvalue weighted by Crippen LogP contribution is 2.68. The van der Waals surface area contributed by atoms with Crippen molar-refractivity contribution in [3.05, 3.63) is 58.3 Å². The predicted molar refractivity (Wildman–Crippen MR) is 133 cm³/mol. The van der Waals surface area contributed by atoms with Crippen LogP contribution >= 0.6 is 0 Å². The van der Waals surface area contributed by atoms with Crippen molar-refractivity contribution >= 4 is 22.5 Å². The van der Waals surface area contributed by atoms with E-state index < -0.39 is 17.1 Å². The van der Waals surface area contributed by atoms with E-state index in [4.69, 9.17) is 14.5 Å². The molecule has 2 unspecified atom stereocenters. The van der Waals surface area contributed by atoms with E-state index >= 15 is 0 Å². The van der Waals surface area contributed by atoms with Crippen LogP contribution in [0.2, 0.25) is 0 Å². The normalized spacial score (nSPS) is 30.3. The molecule has 1 saturated heterocycles. The summed E-state index contributed by atoms with van der Waals surface area (Å²) >= 11 is 0. The molecule has 1 spiro atoms. The van der Waals surface area contributed by atoms with Crippen LogP contribution in [-0.4, -0.2) is 48.3 Å². The second-order valence-corrected chi connectivity index (χ2v) is 10.1. The summed E-state index contributed by atoms with van der Waals surface area (Å²) in [7, 11) is 3.47. The highest BCUT2D eigenvalue weighted by atomic mass is 16.5. The fourth-order valence-corrected chi connectivity index (χ4v) is 7.60. The van der Waals surface area contributed by atoms with E-state index in [1.807, 2.05) is 45.2 Å². The van der Waals surface area contributed by atoms with E-state index in [2.05, 4.69) is 11.4 Å². The lowest BCUT2D eigenvalue weighted by Crippen LogP contribution is -2.74. The number of aromatic nitrogens is 1. The van der Waals surface area contributed by atoms with Crippen LogP contribution in [0.25, 0.3) is 10.9 Å². The maximum atomic E-state index is 13.1. The summed E-state index contributed by atoms with van der Waals surface area (Å²) in [6, 6.07) is 9.70. The van der Waals surface area contributed by atoms with Crippen molar-refractivity contribution in [2.24, 2.45) is 0 Å². The molecule has 7 nitrogen and oxygen atoms in total. The molecule has 4 heterocycles. The molecule has 2 bridgehead atoms. The van der Waals surface area contributed by atoms with Gasteiger partial charge in [0, 0.05) is 36.0 Å². The van der Waals surface area contributed by atoms with E-state index in [-0.39, 0.29) is 11.9 Å². The Morgan fingerprint density at radius 1 is 1.26 bits per heavy atom. The van der Waals surface area contributed by atoms with Gasteiger partial charge in [-0.1, -0.05) is 26.0 Å². The topological polar surface area (TPSA) is 83.9 Å². The maximum Gasteiger partial charge on any atom is 0.258 e. The lowest BCUT2D eigenvalue weighted by atomic mass is 9.49.